The summed E-state index contributed by atoms with van der Waals surface area (Å²) in [4.78, 5) is 14.7. The summed E-state index contributed by atoms with van der Waals surface area (Å²) in [5.74, 6) is -0.0802. The number of hydrogen-bond donors (Lipinski definition) is 0. The quantitative estimate of drug-likeness (QED) is 0.866. The van der Waals surface area contributed by atoms with E-state index in [1.54, 1.807) is 48.5 Å². The second-order valence-electron chi connectivity index (χ2n) is 4.77. The van der Waals surface area contributed by atoms with Gasteiger partial charge >= 0.3 is 0 Å². The molecule has 0 unspecified atom stereocenters. The molecule has 110 valence electrons. The second-order valence-corrected chi connectivity index (χ2v) is 6.59. The highest BCUT2D eigenvalue weighted by molar-refractivity contribution is 7.84. The number of halogens is 1. The Morgan fingerprint density at radius 2 is 1.86 bits per heavy atom. The molecular formula is C16H16ClNO2S. The number of carbonyl (C=O) groups is 1. The summed E-state index contributed by atoms with van der Waals surface area (Å²) >= 11 is 5.94. The molecule has 0 heterocycles. The Hall–Kier alpha value is -1.65. The number of hydrogen-bond acceptors (Lipinski definition) is 2. The third-order valence-electron chi connectivity index (χ3n) is 3.09. The molecule has 0 aliphatic carbocycles. The summed E-state index contributed by atoms with van der Waals surface area (Å²) < 4.78 is 11.3. The fraction of sp³-hybridized carbons (Fsp3) is 0.188. The Kier molecular flexibility index (Phi) is 5.15. The first-order chi connectivity index (χ1) is 9.97. The van der Waals surface area contributed by atoms with Gasteiger partial charge in [-0.25, -0.2) is 0 Å². The molecule has 0 fully saturated rings. The normalized spacial score (nSPS) is 12.0. The van der Waals surface area contributed by atoms with Crippen molar-refractivity contribution in [3.8, 4) is 0 Å². The van der Waals surface area contributed by atoms with E-state index in [0.717, 1.165) is 5.56 Å². The van der Waals surface area contributed by atoms with Crippen LogP contribution in [-0.2, 0) is 17.3 Å². The van der Waals surface area contributed by atoms with Gasteiger partial charge in [0.15, 0.2) is 0 Å². The van der Waals surface area contributed by atoms with E-state index in [1.807, 2.05) is 18.2 Å². The van der Waals surface area contributed by atoms with Crippen molar-refractivity contribution in [1.82, 2.24) is 4.90 Å². The molecule has 0 N–H and O–H groups in total. The van der Waals surface area contributed by atoms with Crippen molar-refractivity contribution in [1.29, 1.82) is 0 Å². The third kappa shape index (κ3) is 4.16. The fourth-order valence-electron chi connectivity index (χ4n) is 1.99. The van der Waals surface area contributed by atoms with Crippen molar-refractivity contribution in [2.75, 3.05) is 13.3 Å². The Morgan fingerprint density at radius 3 is 2.43 bits per heavy atom. The minimum Gasteiger partial charge on any atom is -0.337 e. The van der Waals surface area contributed by atoms with Gasteiger partial charge in [-0.3, -0.25) is 9.00 Å². The average molecular weight is 322 g/mol. The smallest absolute Gasteiger partial charge is 0.253 e. The lowest BCUT2D eigenvalue weighted by Crippen LogP contribution is -2.26. The lowest BCUT2D eigenvalue weighted by Gasteiger charge is -2.17. The van der Waals surface area contributed by atoms with Gasteiger partial charge in [-0.15, -0.1) is 0 Å². The number of rotatable bonds is 4. The Labute approximate surface area is 132 Å². The highest BCUT2D eigenvalue weighted by Crippen LogP contribution is 2.14. The predicted molar refractivity (Wildman–Crippen MR) is 86.0 cm³/mol. The summed E-state index contributed by atoms with van der Waals surface area (Å²) in [5, 5.41) is 0.656. The van der Waals surface area contributed by atoms with Gasteiger partial charge < -0.3 is 4.90 Å². The molecule has 0 spiro atoms. The maximum atomic E-state index is 12.3. The molecule has 2 aromatic carbocycles. The molecule has 2 aromatic rings. The number of carbonyl (C=O) groups excluding carboxylic acids is 1. The third-order valence-corrected chi connectivity index (χ3v) is 4.26. The first kappa shape index (κ1) is 15.7. The van der Waals surface area contributed by atoms with Gasteiger partial charge in [-0.2, -0.15) is 0 Å². The van der Waals surface area contributed by atoms with Gasteiger partial charge in [0.2, 0.25) is 0 Å². The van der Waals surface area contributed by atoms with Gasteiger partial charge in [0.05, 0.1) is 0 Å². The molecule has 0 radical (unpaired) electrons. The van der Waals surface area contributed by atoms with E-state index < -0.39 is 10.8 Å². The van der Waals surface area contributed by atoms with E-state index in [4.69, 9.17) is 11.6 Å². The van der Waals surface area contributed by atoms with Crippen LogP contribution in [0.5, 0.6) is 0 Å². The van der Waals surface area contributed by atoms with Gasteiger partial charge in [0, 0.05) is 46.1 Å². The Balaban J connectivity index is 2.10. The van der Waals surface area contributed by atoms with Crippen molar-refractivity contribution >= 4 is 28.3 Å². The van der Waals surface area contributed by atoms with Crippen LogP contribution in [0.2, 0.25) is 5.02 Å². The second kappa shape index (κ2) is 6.87. The summed E-state index contributed by atoms with van der Waals surface area (Å²) in [6.45, 7) is 0.487. The van der Waals surface area contributed by atoms with Crippen molar-refractivity contribution in [2.24, 2.45) is 0 Å². The van der Waals surface area contributed by atoms with Crippen molar-refractivity contribution in [2.45, 2.75) is 11.4 Å². The Morgan fingerprint density at radius 1 is 1.19 bits per heavy atom. The van der Waals surface area contributed by atoms with Crippen LogP contribution in [0.3, 0.4) is 0 Å². The van der Waals surface area contributed by atoms with Crippen LogP contribution in [0.25, 0.3) is 0 Å². The van der Waals surface area contributed by atoms with E-state index in [0.29, 0.717) is 22.0 Å². The predicted octanol–water partition coefficient (Wildman–Crippen LogP) is 3.35. The summed E-state index contributed by atoms with van der Waals surface area (Å²) in [5.41, 5.74) is 1.55. The summed E-state index contributed by atoms with van der Waals surface area (Å²) in [7, 11) is 0.710. The maximum absolute atomic E-state index is 12.3. The number of nitrogens with zero attached hydrogens (tertiary/aromatic N) is 1. The highest BCUT2D eigenvalue weighted by Gasteiger charge is 2.12. The SMILES string of the molecule is CN(Cc1cccc(Cl)c1)C(=O)c1ccc([S@](C)=O)cc1. The van der Waals surface area contributed by atoms with E-state index in [-0.39, 0.29) is 5.91 Å². The van der Waals surface area contributed by atoms with Crippen LogP contribution < -0.4 is 0 Å². The standard InChI is InChI=1S/C16H16ClNO2S/c1-18(11-12-4-3-5-14(17)10-12)16(19)13-6-8-15(9-7-13)21(2)20/h3-10H,11H2,1-2H3/t21-/m0/s1. The molecule has 0 aromatic heterocycles. The van der Waals surface area contributed by atoms with Crippen LogP contribution in [0.15, 0.2) is 53.4 Å². The molecule has 21 heavy (non-hydrogen) atoms. The number of amides is 1. The van der Waals surface area contributed by atoms with E-state index in [2.05, 4.69) is 0 Å². The van der Waals surface area contributed by atoms with Crippen LogP contribution in [0.4, 0.5) is 0 Å². The van der Waals surface area contributed by atoms with Crippen molar-refractivity contribution in [3.05, 3.63) is 64.7 Å². The molecule has 5 heteroatoms. The van der Waals surface area contributed by atoms with Crippen LogP contribution >= 0.6 is 11.6 Å². The largest absolute Gasteiger partial charge is 0.337 e. The molecule has 2 rings (SSSR count). The van der Waals surface area contributed by atoms with Crippen LogP contribution in [0, 0.1) is 0 Å². The fourth-order valence-corrected chi connectivity index (χ4v) is 2.72. The van der Waals surface area contributed by atoms with Crippen molar-refractivity contribution in [3.63, 3.8) is 0 Å². The zero-order chi connectivity index (χ0) is 15.4. The molecular weight excluding hydrogens is 306 g/mol. The monoisotopic (exact) mass is 321 g/mol. The van der Waals surface area contributed by atoms with E-state index in [9.17, 15) is 9.00 Å². The lowest BCUT2D eigenvalue weighted by atomic mass is 10.1. The molecule has 0 saturated heterocycles. The zero-order valence-electron chi connectivity index (χ0n) is 11.9. The molecule has 1 atom stereocenters. The van der Waals surface area contributed by atoms with Gasteiger partial charge in [0.25, 0.3) is 5.91 Å². The topological polar surface area (TPSA) is 37.4 Å². The molecule has 0 saturated carbocycles. The molecule has 3 nitrogen and oxygen atoms in total. The first-order valence-corrected chi connectivity index (χ1v) is 8.34. The van der Waals surface area contributed by atoms with Crippen LogP contribution in [-0.4, -0.2) is 28.3 Å². The van der Waals surface area contributed by atoms with Gasteiger partial charge in [-0.05, 0) is 42.0 Å². The van der Waals surface area contributed by atoms with Crippen LogP contribution in [0.1, 0.15) is 15.9 Å². The minimum absolute atomic E-state index is 0.0802. The van der Waals surface area contributed by atoms with E-state index in [1.165, 1.54) is 0 Å². The van der Waals surface area contributed by atoms with Gasteiger partial charge in [-0.1, -0.05) is 23.7 Å². The first-order valence-electron chi connectivity index (χ1n) is 6.41. The zero-order valence-corrected chi connectivity index (χ0v) is 13.4. The molecule has 0 bridgehead atoms. The van der Waals surface area contributed by atoms with E-state index >= 15 is 0 Å². The number of benzene rings is 2. The van der Waals surface area contributed by atoms with Gasteiger partial charge in [0.1, 0.15) is 0 Å². The average Bonchev–Trinajstić information content (AvgIpc) is 2.46. The summed E-state index contributed by atoms with van der Waals surface area (Å²) in [6, 6.07) is 14.3. The highest BCUT2D eigenvalue weighted by atomic mass is 35.5. The summed E-state index contributed by atoms with van der Waals surface area (Å²) in [6.07, 6.45) is 1.61. The van der Waals surface area contributed by atoms with Crippen molar-refractivity contribution < 1.29 is 9.00 Å². The molecule has 1 amide bonds. The Bertz CT molecular complexity index is 670. The lowest BCUT2D eigenvalue weighted by molar-refractivity contribution is 0.0785. The minimum atomic E-state index is -1.03. The maximum Gasteiger partial charge on any atom is 0.253 e. The molecule has 0 aliphatic heterocycles. The molecule has 0 aliphatic rings.